The van der Waals surface area contributed by atoms with Gasteiger partial charge in [-0.25, -0.2) is 0 Å². The molecule has 1 aliphatic heterocycles. The summed E-state index contributed by atoms with van der Waals surface area (Å²) in [5.41, 5.74) is 4.20. The van der Waals surface area contributed by atoms with Crippen LogP contribution in [0, 0.1) is 0 Å². The van der Waals surface area contributed by atoms with Gasteiger partial charge in [0.1, 0.15) is 12.4 Å². The molecule has 1 amide bonds. The van der Waals surface area contributed by atoms with E-state index in [1.54, 1.807) is 0 Å². The zero-order chi connectivity index (χ0) is 18.5. The van der Waals surface area contributed by atoms with Crippen LogP contribution in [0.15, 0.2) is 78.9 Å². The molecule has 1 N–H and O–H groups in total. The van der Waals surface area contributed by atoms with Crippen molar-refractivity contribution in [2.45, 2.75) is 13.0 Å². The average molecular weight is 358 g/mol. The van der Waals surface area contributed by atoms with Crippen LogP contribution in [0.25, 0.3) is 0 Å². The van der Waals surface area contributed by atoms with Crippen LogP contribution in [0.3, 0.4) is 0 Å². The number of carbonyl (C=O) groups excluding carboxylic acids is 1. The minimum atomic E-state index is 0.0674. The number of carbonyl (C=O) groups is 1. The Kier molecular flexibility index (Phi) is 5.06. The molecule has 0 aliphatic carbocycles. The van der Waals surface area contributed by atoms with Crippen molar-refractivity contribution in [3.05, 3.63) is 90.0 Å². The van der Waals surface area contributed by atoms with E-state index in [0.29, 0.717) is 6.61 Å². The standard InChI is InChI=1S/C23H22N2O2/c26-23(25-15-14-19-10-4-6-12-21(19)25)16-24-20-11-5-7-13-22(20)27-17-18-8-2-1-3-9-18/h1-13,24H,14-17H2. The average Bonchev–Trinajstić information content (AvgIpc) is 3.16. The van der Waals surface area contributed by atoms with Crippen LogP contribution >= 0.6 is 0 Å². The van der Waals surface area contributed by atoms with E-state index in [-0.39, 0.29) is 12.5 Å². The predicted molar refractivity (Wildman–Crippen MR) is 108 cm³/mol. The van der Waals surface area contributed by atoms with Crippen molar-refractivity contribution in [3.8, 4) is 5.75 Å². The van der Waals surface area contributed by atoms with Crippen molar-refractivity contribution >= 4 is 17.3 Å². The summed E-state index contributed by atoms with van der Waals surface area (Å²) in [4.78, 5) is 14.6. The summed E-state index contributed by atoms with van der Waals surface area (Å²) in [5, 5.41) is 3.24. The summed E-state index contributed by atoms with van der Waals surface area (Å²) in [6, 6.07) is 25.9. The van der Waals surface area contributed by atoms with Gasteiger partial charge in [0.15, 0.2) is 0 Å². The van der Waals surface area contributed by atoms with Crippen LogP contribution in [0.2, 0.25) is 0 Å². The fraction of sp³-hybridized carbons (Fsp3) is 0.174. The van der Waals surface area contributed by atoms with E-state index in [0.717, 1.165) is 35.7 Å². The SMILES string of the molecule is O=C(CNc1ccccc1OCc1ccccc1)N1CCc2ccccc21. The number of rotatable bonds is 6. The summed E-state index contributed by atoms with van der Waals surface area (Å²) in [7, 11) is 0. The molecule has 0 atom stereocenters. The van der Waals surface area contributed by atoms with Gasteiger partial charge in [0, 0.05) is 12.2 Å². The van der Waals surface area contributed by atoms with E-state index < -0.39 is 0 Å². The van der Waals surface area contributed by atoms with Crippen LogP contribution in [0.1, 0.15) is 11.1 Å². The molecular formula is C23H22N2O2. The van der Waals surface area contributed by atoms with E-state index in [9.17, 15) is 4.79 Å². The lowest BCUT2D eigenvalue weighted by Gasteiger charge is -2.19. The highest BCUT2D eigenvalue weighted by Crippen LogP contribution is 2.28. The molecule has 0 bridgehead atoms. The van der Waals surface area contributed by atoms with Crippen LogP contribution in [0.4, 0.5) is 11.4 Å². The van der Waals surface area contributed by atoms with Gasteiger partial charge in [-0.15, -0.1) is 0 Å². The van der Waals surface area contributed by atoms with Crippen LogP contribution < -0.4 is 15.0 Å². The Balaban J connectivity index is 1.39. The number of nitrogens with one attached hydrogen (secondary N) is 1. The number of benzene rings is 3. The molecule has 0 saturated heterocycles. The molecule has 4 nitrogen and oxygen atoms in total. The first-order valence-corrected chi connectivity index (χ1v) is 9.19. The molecule has 3 aromatic rings. The Labute approximate surface area is 159 Å². The number of nitrogens with zero attached hydrogens (tertiary/aromatic N) is 1. The second kappa shape index (κ2) is 7.96. The number of fused-ring (bicyclic) bond motifs is 1. The number of hydrogen-bond acceptors (Lipinski definition) is 3. The Morgan fingerprint density at radius 3 is 2.56 bits per heavy atom. The third-order valence-electron chi connectivity index (χ3n) is 4.74. The van der Waals surface area contributed by atoms with Crippen LogP contribution in [0.5, 0.6) is 5.75 Å². The lowest BCUT2D eigenvalue weighted by atomic mass is 10.2. The van der Waals surface area contributed by atoms with Crippen molar-refractivity contribution in [2.75, 3.05) is 23.3 Å². The molecule has 0 unspecified atom stereocenters. The van der Waals surface area contributed by atoms with Gasteiger partial charge in [-0.3, -0.25) is 4.79 Å². The first-order chi connectivity index (χ1) is 13.3. The lowest BCUT2D eigenvalue weighted by molar-refractivity contribution is -0.116. The van der Waals surface area contributed by atoms with Gasteiger partial charge in [-0.1, -0.05) is 60.7 Å². The van der Waals surface area contributed by atoms with Crippen LogP contribution in [-0.2, 0) is 17.8 Å². The molecule has 0 radical (unpaired) electrons. The van der Waals surface area contributed by atoms with Crippen molar-refractivity contribution in [2.24, 2.45) is 0 Å². The first kappa shape index (κ1) is 17.2. The molecule has 27 heavy (non-hydrogen) atoms. The number of hydrogen-bond donors (Lipinski definition) is 1. The van der Waals surface area contributed by atoms with Gasteiger partial charge in [-0.05, 0) is 35.7 Å². The minimum absolute atomic E-state index is 0.0674. The Morgan fingerprint density at radius 1 is 0.926 bits per heavy atom. The van der Waals surface area contributed by atoms with Crippen molar-refractivity contribution < 1.29 is 9.53 Å². The molecule has 0 saturated carbocycles. The molecule has 3 aromatic carbocycles. The quantitative estimate of drug-likeness (QED) is 0.716. The summed E-state index contributed by atoms with van der Waals surface area (Å²) < 4.78 is 5.95. The van der Waals surface area contributed by atoms with Gasteiger partial charge in [0.25, 0.3) is 0 Å². The highest BCUT2D eigenvalue weighted by molar-refractivity contribution is 5.98. The van der Waals surface area contributed by atoms with E-state index in [1.807, 2.05) is 77.7 Å². The zero-order valence-corrected chi connectivity index (χ0v) is 15.1. The maximum atomic E-state index is 12.7. The molecule has 4 rings (SSSR count). The summed E-state index contributed by atoms with van der Waals surface area (Å²) in [6.45, 7) is 1.47. The van der Waals surface area contributed by atoms with Crippen molar-refractivity contribution in [1.29, 1.82) is 0 Å². The molecule has 4 heteroatoms. The molecule has 1 heterocycles. The van der Waals surface area contributed by atoms with E-state index in [1.165, 1.54) is 5.56 Å². The van der Waals surface area contributed by atoms with Gasteiger partial charge in [0.2, 0.25) is 5.91 Å². The normalized spacial score (nSPS) is 12.5. The molecule has 0 aromatic heterocycles. The highest BCUT2D eigenvalue weighted by atomic mass is 16.5. The minimum Gasteiger partial charge on any atom is -0.487 e. The maximum absolute atomic E-state index is 12.7. The van der Waals surface area contributed by atoms with E-state index in [4.69, 9.17) is 4.74 Å². The summed E-state index contributed by atoms with van der Waals surface area (Å²) in [5.74, 6) is 0.814. The number of amides is 1. The molecule has 1 aliphatic rings. The van der Waals surface area contributed by atoms with E-state index >= 15 is 0 Å². The largest absolute Gasteiger partial charge is 0.487 e. The zero-order valence-electron chi connectivity index (χ0n) is 15.1. The molecule has 136 valence electrons. The van der Waals surface area contributed by atoms with Crippen molar-refractivity contribution in [1.82, 2.24) is 0 Å². The Morgan fingerprint density at radius 2 is 1.67 bits per heavy atom. The maximum Gasteiger partial charge on any atom is 0.246 e. The van der Waals surface area contributed by atoms with Gasteiger partial charge < -0.3 is 15.0 Å². The topological polar surface area (TPSA) is 41.6 Å². The predicted octanol–water partition coefficient (Wildman–Crippen LogP) is 4.27. The third-order valence-corrected chi connectivity index (χ3v) is 4.74. The molecule has 0 fully saturated rings. The Hall–Kier alpha value is -3.27. The molecule has 0 spiro atoms. The highest BCUT2D eigenvalue weighted by Gasteiger charge is 2.23. The van der Waals surface area contributed by atoms with E-state index in [2.05, 4.69) is 11.4 Å². The monoisotopic (exact) mass is 358 g/mol. The number of para-hydroxylation sites is 3. The smallest absolute Gasteiger partial charge is 0.246 e. The third kappa shape index (κ3) is 3.95. The van der Waals surface area contributed by atoms with Crippen LogP contribution in [-0.4, -0.2) is 19.0 Å². The Bertz CT molecular complexity index is 924. The fourth-order valence-corrected chi connectivity index (χ4v) is 3.34. The van der Waals surface area contributed by atoms with Crippen molar-refractivity contribution in [3.63, 3.8) is 0 Å². The number of anilines is 2. The number of ether oxygens (including phenoxy) is 1. The van der Waals surface area contributed by atoms with Gasteiger partial charge in [-0.2, -0.15) is 0 Å². The second-order valence-corrected chi connectivity index (χ2v) is 6.55. The summed E-state index contributed by atoms with van der Waals surface area (Å²) >= 11 is 0. The lowest BCUT2D eigenvalue weighted by Crippen LogP contribution is -2.34. The first-order valence-electron chi connectivity index (χ1n) is 9.19. The molecular weight excluding hydrogens is 336 g/mol. The fourth-order valence-electron chi connectivity index (χ4n) is 3.34. The van der Waals surface area contributed by atoms with Gasteiger partial charge in [0.05, 0.1) is 12.2 Å². The van der Waals surface area contributed by atoms with Gasteiger partial charge >= 0.3 is 0 Å². The second-order valence-electron chi connectivity index (χ2n) is 6.55. The summed E-state index contributed by atoms with van der Waals surface area (Å²) in [6.07, 6.45) is 0.915.